The second-order valence-corrected chi connectivity index (χ2v) is 3.98. The largest absolute Gasteiger partial charge is 0.364 e. The van der Waals surface area contributed by atoms with Crippen LogP contribution < -0.4 is 11.1 Å². The van der Waals surface area contributed by atoms with Crippen molar-refractivity contribution in [2.45, 2.75) is 19.9 Å². The van der Waals surface area contributed by atoms with E-state index in [1.54, 1.807) is 12.3 Å². The first-order valence-electron chi connectivity index (χ1n) is 6.01. The minimum Gasteiger partial charge on any atom is -0.364 e. The molecule has 6 nitrogen and oxygen atoms in total. The maximum atomic E-state index is 10.9. The molecule has 0 bridgehead atoms. The molecule has 0 aliphatic rings. The monoisotopic (exact) mass is 257 g/mol. The van der Waals surface area contributed by atoms with E-state index in [0.29, 0.717) is 12.4 Å². The van der Waals surface area contributed by atoms with Crippen LogP contribution in [0.25, 0.3) is 0 Å². The van der Waals surface area contributed by atoms with Gasteiger partial charge in [0.25, 0.3) is 5.91 Å². The standard InChI is InChI=1S/C13H15N5O/c1-2-9-4-3-7-15-11(9)8-16-12-6-5-10(13(14)19)17-18-12/h3-7H,2,8H2,1H3,(H2,14,19)(H,16,18). The molecule has 0 spiro atoms. The highest BCUT2D eigenvalue weighted by Crippen LogP contribution is 2.09. The number of nitrogens with two attached hydrogens (primary N) is 1. The van der Waals surface area contributed by atoms with E-state index in [4.69, 9.17) is 5.73 Å². The van der Waals surface area contributed by atoms with Crippen LogP contribution in [0.15, 0.2) is 30.5 Å². The Bertz CT molecular complexity index is 568. The Balaban J connectivity index is 2.04. The molecule has 0 fully saturated rings. The maximum absolute atomic E-state index is 10.9. The van der Waals surface area contributed by atoms with Crippen molar-refractivity contribution in [3.8, 4) is 0 Å². The molecule has 6 heteroatoms. The van der Waals surface area contributed by atoms with Crippen LogP contribution >= 0.6 is 0 Å². The highest BCUT2D eigenvalue weighted by molar-refractivity contribution is 5.90. The lowest BCUT2D eigenvalue weighted by atomic mass is 10.1. The summed E-state index contributed by atoms with van der Waals surface area (Å²) in [6.07, 6.45) is 2.69. The number of rotatable bonds is 5. The van der Waals surface area contributed by atoms with E-state index < -0.39 is 5.91 Å². The Morgan fingerprint density at radius 3 is 2.79 bits per heavy atom. The van der Waals surface area contributed by atoms with Gasteiger partial charge in [0.1, 0.15) is 5.82 Å². The van der Waals surface area contributed by atoms with Crippen LogP contribution in [-0.2, 0) is 13.0 Å². The third kappa shape index (κ3) is 3.25. The Morgan fingerprint density at radius 1 is 1.32 bits per heavy atom. The number of aromatic nitrogens is 3. The number of hydrogen-bond acceptors (Lipinski definition) is 5. The number of amides is 1. The molecule has 2 heterocycles. The minimum atomic E-state index is -0.586. The lowest BCUT2D eigenvalue weighted by Crippen LogP contribution is -2.14. The molecule has 19 heavy (non-hydrogen) atoms. The van der Waals surface area contributed by atoms with E-state index >= 15 is 0 Å². The van der Waals surface area contributed by atoms with Crippen LogP contribution in [0, 0.1) is 0 Å². The lowest BCUT2D eigenvalue weighted by molar-refractivity contribution is 0.0994. The summed E-state index contributed by atoms with van der Waals surface area (Å²) in [5.41, 5.74) is 7.41. The molecule has 0 atom stereocenters. The number of pyridine rings is 1. The third-order valence-electron chi connectivity index (χ3n) is 2.72. The van der Waals surface area contributed by atoms with Gasteiger partial charge in [-0.3, -0.25) is 9.78 Å². The predicted octanol–water partition coefficient (Wildman–Crippen LogP) is 1.14. The fourth-order valence-electron chi connectivity index (χ4n) is 1.68. The Kier molecular flexibility index (Phi) is 4.02. The maximum Gasteiger partial charge on any atom is 0.269 e. The lowest BCUT2D eigenvalue weighted by Gasteiger charge is -2.08. The number of primary amides is 1. The first-order valence-corrected chi connectivity index (χ1v) is 6.01. The molecule has 0 aliphatic carbocycles. The Labute approximate surface area is 111 Å². The van der Waals surface area contributed by atoms with E-state index in [2.05, 4.69) is 27.4 Å². The van der Waals surface area contributed by atoms with Gasteiger partial charge in [0.05, 0.1) is 12.2 Å². The van der Waals surface area contributed by atoms with E-state index in [1.807, 2.05) is 12.1 Å². The summed E-state index contributed by atoms with van der Waals surface area (Å²) in [5.74, 6) is -0.00486. The molecule has 98 valence electrons. The summed E-state index contributed by atoms with van der Waals surface area (Å²) >= 11 is 0. The summed E-state index contributed by atoms with van der Waals surface area (Å²) in [4.78, 5) is 15.2. The average Bonchev–Trinajstić information content (AvgIpc) is 2.45. The molecular formula is C13H15N5O. The molecule has 0 saturated heterocycles. The van der Waals surface area contributed by atoms with E-state index in [9.17, 15) is 4.79 Å². The van der Waals surface area contributed by atoms with Crippen LogP contribution in [0.5, 0.6) is 0 Å². The third-order valence-corrected chi connectivity index (χ3v) is 2.72. The van der Waals surface area contributed by atoms with Crippen molar-refractivity contribution in [1.82, 2.24) is 15.2 Å². The molecule has 0 radical (unpaired) electrons. The summed E-state index contributed by atoms with van der Waals surface area (Å²) in [6, 6.07) is 7.17. The zero-order chi connectivity index (χ0) is 13.7. The average molecular weight is 257 g/mol. The first-order chi connectivity index (χ1) is 9.20. The van der Waals surface area contributed by atoms with E-state index in [1.165, 1.54) is 11.6 Å². The van der Waals surface area contributed by atoms with Crippen molar-refractivity contribution < 1.29 is 4.79 Å². The summed E-state index contributed by atoms with van der Waals surface area (Å²) < 4.78 is 0. The molecule has 2 aromatic rings. The van der Waals surface area contributed by atoms with Gasteiger partial charge in [0.2, 0.25) is 0 Å². The highest BCUT2D eigenvalue weighted by Gasteiger charge is 2.04. The van der Waals surface area contributed by atoms with Gasteiger partial charge < -0.3 is 11.1 Å². The SMILES string of the molecule is CCc1cccnc1CNc1ccc(C(N)=O)nn1. The zero-order valence-electron chi connectivity index (χ0n) is 10.6. The molecule has 2 rings (SSSR count). The summed E-state index contributed by atoms with van der Waals surface area (Å²) in [7, 11) is 0. The molecule has 2 aromatic heterocycles. The van der Waals surface area contributed by atoms with Crippen LogP contribution in [0.3, 0.4) is 0 Å². The fourth-order valence-corrected chi connectivity index (χ4v) is 1.68. The quantitative estimate of drug-likeness (QED) is 0.837. The topological polar surface area (TPSA) is 93.8 Å². The number of nitrogens with one attached hydrogen (secondary N) is 1. The second kappa shape index (κ2) is 5.90. The first kappa shape index (κ1) is 12.9. The van der Waals surface area contributed by atoms with Crippen molar-refractivity contribution in [3.05, 3.63) is 47.4 Å². The van der Waals surface area contributed by atoms with Crippen molar-refractivity contribution in [2.75, 3.05) is 5.32 Å². The number of carbonyl (C=O) groups excluding carboxylic acids is 1. The number of hydrogen-bond donors (Lipinski definition) is 2. The van der Waals surface area contributed by atoms with Gasteiger partial charge in [-0.2, -0.15) is 0 Å². The molecule has 0 aromatic carbocycles. The van der Waals surface area contributed by atoms with Gasteiger partial charge in [0.15, 0.2) is 5.69 Å². The number of carbonyl (C=O) groups is 1. The van der Waals surface area contributed by atoms with Crippen molar-refractivity contribution in [1.29, 1.82) is 0 Å². The second-order valence-electron chi connectivity index (χ2n) is 3.98. The molecule has 0 saturated carbocycles. The zero-order valence-corrected chi connectivity index (χ0v) is 10.6. The normalized spacial score (nSPS) is 10.2. The summed E-state index contributed by atoms with van der Waals surface area (Å²) in [5, 5.41) is 10.7. The van der Waals surface area contributed by atoms with Gasteiger partial charge >= 0.3 is 0 Å². The Morgan fingerprint density at radius 2 is 2.16 bits per heavy atom. The molecular weight excluding hydrogens is 242 g/mol. The molecule has 1 amide bonds. The van der Waals surface area contributed by atoms with Gasteiger partial charge in [-0.25, -0.2) is 0 Å². The van der Waals surface area contributed by atoms with Crippen molar-refractivity contribution in [2.24, 2.45) is 5.73 Å². The molecule has 3 N–H and O–H groups in total. The van der Waals surface area contributed by atoms with E-state index in [-0.39, 0.29) is 5.69 Å². The highest BCUT2D eigenvalue weighted by atomic mass is 16.1. The number of anilines is 1. The van der Waals surface area contributed by atoms with Gasteiger partial charge in [-0.15, -0.1) is 10.2 Å². The Hall–Kier alpha value is -2.50. The predicted molar refractivity (Wildman–Crippen MR) is 71.5 cm³/mol. The van der Waals surface area contributed by atoms with Crippen molar-refractivity contribution >= 4 is 11.7 Å². The van der Waals surface area contributed by atoms with Crippen LogP contribution in [0.1, 0.15) is 28.7 Å². The van der Waals surface area contributed by atoms with Gasteiger partial charge in [0, 0.05) is 6.20 Å². The van der Waals surface area contributed by atoms with Crippen molar-refractivity contribution in [3.63, 3.8) is 0 Å². The molecule has 0 aliphatic heterocycles. The number of aryl methyl sites for hydroxylation is 1. The molecule has 0 unspecified atom stereocenters. The fraction of sp³-hybridized carbons (Fsp3) is 0.231. The van der Waals surface area contributed by atoms with Crippen LogP contribution in [0.2, 0.25) is 0 Å². The number of nitrogens with zero attached hydrogens (tertiary/aromatic N) is 3. The van der Waals surface area contributed by atoms with Crippen LogP contribution in [-0.4, -0.2) is 21.1 Å². The minimum absolute atomic E-state index is 0.151. The van der Waals surface area contributed by atoms with Gasteiger partial charge in [-0.1, -0.05) is 13.0 Å². The van der Waals surface area contributed by atoms with E-state index in [0.717, 1.165) is 12.1 Å². The smallest absolute Gasteiger partial charge is 0.269 e. The van der Waals surface area contributed by atoms with Crippen LogP contribution in [0.4, 0.5) is 5.82 Å². The van der Waals surface area contributed by atoms with Gasteiger partial charge in [-0.05, 0) is 30.2 Å². The summed E-state index contributed by atoms with van der Waals surface area (Å²) in [6.45, 7) is 2.65.